The van der Waals surface area contributed by atoms with Crippen LogP contribution in [0.15, 0.2) is 18.2 Å². The van der Waals surface area contributed by atoms with E-state index in [9.17, 15) is 15.0 Å². The summed E-state index contributed by atoms with van der Waals surface area (Å²) < 4.78 is 5.34. The number of rotatable bonds is 4. The number of amides is 1. The highest BCUT2D eigenvalue weighted by molar-refractivity contribution is 5.78. The average molecular weight is 403 g/mol. The quantitative estimate of drug-likeness (QED) is 0.810. The number of likely N-dealkylation sites (tertiary alicyclic amines) is 2. The SMILES string of the molecule is COc1cc(C2C3CCCCC3(O)CCN2CC(=O)N2CCCCC2)ccc1O. The van der Waals surface area contributed by atoms with Crippen molar-refractivity contribution in [1.29, 1.82) is 0 Å². The second-order valence-corrected chi connectivity index (χ2v) is 8.99. The predicted molar refractivity (Wildman–Crippen MR) is 111 cm³/mol. The number of aliphatic hydroxyl groups is 1. The Morgan fingerprint density at radius 1 is 1.14 bits per heavy atom. The number of piperidine rings is 2. The second-order valence-electron chi connectivity index (χ2n) is 8.99. The third-order valence-corrected chi connectivity index (χ3v) is 7.26. The van der Waals surface area contributed by atoms with Crippen molar-refractivity contribution in [2.24, 2.45) is 5.92 Å². The Bertz CT molecular complexity index is 734. The first kappa shape index (κ1) is 20.5. The van der Waals surface area contributed by atoms with Crippen molar-refractivity contribution in [3.05, 3.63) is 23.8 Å². The highest BCUT2D eigenvalue weighted by Gasteiger charge is 2.49. The van der Waals surface area contributed by atoms with E-state index in [1.54, 1.807) is 13.2 Å². The van der Waals surface area contributed by atoms with Crippen molar-refractivity contribution in [3.8, 4) is 11.5 Å². The number of phenolic OH excluding ortho intramolecular Hbond substituents is 1. The highest BCUT2D eigenvalue weighted by atomic mass is 16.5. The molecule has 2 N–H and O–H groups in total. The molecule has 1 aromatic carbocycles. The van der Waals surface area contributed by atoms with Crippen LogP contribution in [0, 0.1) is 5.92 Å². The van der Waals surface area contributed by atoms with Crippen LogP contribution in [0.25, 0.3) is 0 Å². The molecule has 0 aromatic heterocycles. The number of nitrogens with zero attached hydrogens (tertiary/aromatic N) is 2. The van der Waals surface area contributed by atoms with Gasteiger partial charge in [-0.2, -0.15) is 0 Å². The van der Waals surface area contributed by atoms with Crippen LogP contribution in [0.1, 0.15) is 63.0 Å². The van der Waals surface area contributed by atoms with Gasteiger partial charge >= 0.3 is 0 Å². The Labute approximate surface area is 173 Å². The minimum absolute atomic E-state index is 0.0442. The Balaban J connectivity index is 1.63. The first-order valence-electron chi connectivity index (χ1n) is 11.1. The molecule has 3 unspecified atom stereocenters. The summed E-state index contributed by atoms with van der Waals surface area (Å²) in [7, 11) is 1.55. The van der Waals surface area contributed by atoms with Gasteiger partial charge in [0.25, 0.3) is 0 Å². The molecule has 6 nitrogen and oxygen atoms in total. The van der Waals surface area contributed by atoms with Crippen LogP contribution in [0.4, 0.5) is 0 Å². The van der Waals surface area contributed by atoms with Gasteiger partial charge in [0.05, 0.1) is 19.3 Å². The Kier molecular flexibility index (Phi) is 6.02. The van der Waals surface area contributed by atoms with Crippen molar-refractivity contribution in [2.75, 3.05) is 33.3 Å². The van der Waals surface area contributed by atoms with Crippen LogP contribution in [0.3, 0.4) is 0 Å². The molecular formula is C23H34N2O4. The zero-order chi connectivity index (χ0) is 20.4. The number of fused-ring (bicyclic) bond motifs is 1. The van der Waals surface area contributed by atoms with Crippen molar-refractivity contribution in [1.82, 2.24) is 9.80 Å². The largest absolute Gasteiger partial charge is 0.504 e. The number of carbonyl (C=O) groups excluding carboxylic acids is 1. The standard InChI is InChI=1S/C23H34N2O4/c1-29-20-15-17(8-9-19(20)26)22-18-7-3-4-10-23(18,28)11-14-25(22)16-21(27)24-12-5-2-6-13-24/h8-9,15,18,22,26,28H,2-7,10-14,16H2,1H3. The molecule has 3 atom stereocenters. The van der Waals surface area contributed by atoms with Gasteiger partial charge < -0.3 is 19.8 Å². The van der Waals surface area contributed by atoms with E-state index < -0.39 is 5.60 Å². The number of carbonyl (C=O) groups is 1. The Morgan fingerprint density at radius 2 is 1.93 bits per heavy atom. The lowest BCUT2D eigenvalue weighted by Gasteiger charge is -2.52. The zero-order valence-electron chi connectivity index (χ0n) is 17.5. The van der Waals surface area contributed by atoms with Crippen molar-refractivity contribution < 1.29 is 19.7 Å². The number of phenols is 1. The maximum atomic E-state index is 13.0. The van der Waals surface area contributed by atoms with E-state index >= 15 is 0 Å². The highest BCUT2D eigenvalue weighted by Crippen LogP contribution is 2.50. The normalized spacial score (nSPS) is 30.6. The van der Waals surface area contributed by atoms with E-state index in [-0.39, 0.29) is 23.6 Å². The van der Waals surface area contributed by atoms with Crippen LogP contribution in [0.5, 0.6) is 11.5 Å². The van der Waals surface area contributed by atoms with Gasteiger partial charge in [0.2, 0.25) is 5.91 Å². The summed E-state index contributed by atoms with van der Waals surface area (Å²) >= 11 is 0. The molecule has 160 valence electrons. The fourth-order valence-corrected chi connectivity index (χ4v) is 5.66. The van der Waals surface area contributed by atoms with Crippen molar-refractivity contribution in [2.45, 2.75) is 63.0 Å². The van der Waals surface area contributed by atoms with Gasteiger partial charge in [0, 0.05) is 31.6 Å². The molecule has 0 spiro atoms. The molecule has 29 heavy (non-hydrogen) atoms. The minimum atomic E-state index is -0.668. The van der Waals surface area contributed by atoms with E-state index in [1.807, 2.05) is 17.0 Å². The maximum Gasteiger partial charge on any atom is 0.236 e. The van der Waals surface area contributed by atoms with Crippen molar-refractivity contribution >= 4 is 5.91 Å². The monoisotopic (exact) mass is 402 g/mol. The Morgan fingerprint density at radius 3 is 2.69 bits per heavy atom. The maximum absolute atomic E-state index is 13.0. The molecule has 1 saturated carbocycles. The molecule has 3 fully saturated rings. The molecule has 2 heterocycles. The topological polar surface area (TPSA) is 73.2 Å². The molecule has 6 heteroatoms. The second kappa shape index (κ2) is 8.52. The molecule has 2 saturated heterocycles. The summed E-state index contributed by atoms with van der Waals surface area (Å²) in [5.74, 6) is 0.840. The Hall–Kier alpha value is -1.79. The van der Waals surface area contributed by atoms with Gasteiger partial charge in [-0.3, -0.25) is 9.69 Å². The van der Waals surface area contributed by atoms with Crippen LogP contribution >= 0.6 is 0 Å². The number of hydrogen-bond donors (Lipinski definition) is 2. The summed E-state index contributed by atoms with van der Waals surface area (Å²) in [6, 6.07) is 5.41. The number of methoxy groups -OCH3 is 1. The summed E-state index contributed by atoms with van der Waals surface area (Å²) in [5.41, 5.74) is 0.342. The zero-order valence-corrected chi connectivity index (χ0v) is 17.5. The van der Waals surface area contributed by atoms with Gasteiger partial charge in [-0.25, -0.2) is 0 Å². The minimum Gasteiger partial charge on any atom is -0.504 e. The van der Waals surface area contributed by atoms with E-state index in [0.717, 1.165) is 63.6 Å². The predicted octanol–water partition coefficient (Wildman–Crippen LogP) is 3.08. The number of benzene rings is 1. The van der Waals surface area contributed by atoms with Crippen molar-refractivity contribution in [3.63, 3.8) is 0 Å². The molecule has 1 aromatic rings. The van der Waals surface area contributed by atoms with Gasteiger partial charge in [0.1, 0.15) is 0 Å². The van der Waals surface area contributed by atoms with Gasteiger partial charge in [-0.1, -0.05) is 18.9 Å². The molecule has 4 rings (SSSR count). The van der Waals surface area contributed by atoms with Gasteiger partial charge in [0.15, 0.2) is 11.5 Å². The summed E-state index contributed by atoms with van der Waals surface area (Å²) in [5, 5.41) is 21.5. The van der Waals surface area contributed by atoms with Crippen LogP contribution in [0.2, 0.25) is 0 Å². The van der Waals surface area contributed by atoms with E-state index in [0.29, 0.717) is 18.8 Å². The third kappa shape index (κ3) is 4.10. The number of hydrogen-bond acceptors (Lipinski definition) is 5. The molecule has 1 amide bonds. The molecule has 0 radical (unpaired) electrons. The third-order valence-electron chi connectivity index (χ3n) is 7.26. The fraction of sp³-hybridized carbons (Fsp3) is 0.696. The lowest BCUT2D eigenvalue weighted by molar-refractivity contribution is -0.145. The van der Waals surface area contributed by atoms with E-state index in [1.165, 1.54) is 6.42 Å². The lowest BCUT2D eigenvalue weighted by atomic mass is 9.66. The first-order chi connectivity index (χ1) is 14.0. The van der Waals surface area contributed by atoms with Gasteiger partial charge in [-0.15, -0.1) is 0 Å². The summed E-state index contributed by atoms with van der Waals surface area (Å²) in [4.78, 5) is 17.3. The fourth-order valence-electron chi connectivity index (χ4n) is 5.66. The van der Waals surface area contributed by atoms with Gasteiger partial charge in [-0.05, 0) is 56.2 Å². The number of aromatic hydroxyl groups is 1. The molecule has 0 bridgehead atoms. The van der Waals surface area contributed by atoms with E-state index in [4.69, 9.17) is 4.74 Å². The van der Waals surface area contributed by atoms with E-state index in [2.05, 4.69) is 4.90 Å². The lowest BCUT2D eigenvalue weighted by Crippen LogP contribution is -2.56. The molecule has 1 aliphatic carbocycles. The average Bonchev–Trinajstić information content (AvgIpc) is 2.75. The van der Waals surface area contributed by atoms with Crippen LogP contribution in [-0.4, -0.2) is 64.8 Å². The smallest absolute Gasteiger partial charge is 0.236 e. The van der Waals surface area contributed by atoms with Crippen LogP contribution in [-0.2, 0) is 4.79 Å². The number of ether oxygens (including phenoxy) is 1. The molecule has 2 aliphatic heterocycles. The summed E-state index contributed by atoms with van der Waals surface area (Å²) in [6.07, 6.45) is 8.06. The molecule has 3 aliphatic rings. The first-order valence-corrected chi connectivity index (χ1v) is 11.1. The molecular weight excluding hydrogens is 368 g/mol. The van der Waals surface area contributed by atoms with Crippen LogP contribution < -0.4 is 4.74 Å². The summed E-state index contributed by atoms with van der Waals surface area (Å²) in [6.45, 7) is 2.82.